The number of aliphatic imine (C=N–C) groups is 1. The summed E-state index contributed by atoms with van der Waals surface area (Å²) < 4.78 is 41.8. The van der Waals surface area contributed by atoms with Gasteiger partial charge < -0.3 is 20.1 Å². The zero-order chi connectivity index (χ0) is 20.1. The van der Waals surface area contributed by atoms with Crippen LogP contribution in [0.1, 0.15) is 20.8 Å². The summed E-state index contributed by atoms with van der Waals surface area (Å²) in [6.07, 6.45) is -0.842. The molecule has 1 aromatic rings. The molecule has 1 atom stereocenters. The molecule has 10 heteroatoms. The van der Waals surface area contributed by atoms with Gasteiger partial charge in [-0.25, -0.2) is 12.8 Å². The maximum Gasteiger partial charge on any atom is 0.194 e. The molecule has 1 aliphatic heterocycles. The highest BCUT2D eigenvalue weighted by atomic mass is 127. The van der Waals surface area contributed by atoms with Gasteiger partial charge in [-0.2, -0.15) is 0 Å². The first-order valence-corrected chi connectivity index (χ1v) is 10.6. The van der Waals surface area contributed by atoms with Crippen molar-refractivity contribution in [3.63, 3.8) is 0 Å². The summed E-state index contributed by atoms with van der Waals surface area (Å²) in [7, 11) is -3.14. The predicted octanol–water partition coefficient (Wildman–Crippen LogP) is 1.66. The summed E-state index contributed by atoms with van der Waals surface area (Å²) in [4.78, 5) is 6.32. The van der Waals surface area contributed by atoms with E-state index < -0.39 is 20.7 Å². The van der Waals surface area contributed by atoms with Crippen LogP contribution in [0.25, 0.3) is 0 Å². The molecule has 28 heavy (non-hydrogen) atoms. The normalized spacial score (nSPS) is 19.5. The van der Waals surface area contributed by atoms with Gasteiger partial charge in [-0.05, 0) is 45.0 Å². The van der Waals surface area contributed by atoms with Crippen LogP contribution in [0.3, 0.4) is 0 Å². The van der Waals surface area contributed by atoms with Gasteiger partial charge in [-0.15, -0.1) is 24.0 Å². The van der Waals surface area contributed by atoms with Crippen molar-refractivity contribution in [3.8, 4) is 5.75 Å². The van der Waals surface area contributed by atoms with Crippen molar-refractivity contribution in [2.45, 2.75) is 31.6 Å². The Labute approximate surface area is 183 Å². The van der Waals surface area contributed by atoms with Gasteiger partial charge in [0.15, 0.2) is 15.8 Å². The molecule has 160 valence electrons. The molecule has 0 bridgehead atoms. The molecule has 0 aliphatic carbocycles. The van der Waals surface area contributed by atoms with E-state index in [-0.39, 0.29) is 48.7 Å². The van der Waals surface area contributed by atoms with Gasteiger partial charge in [-0.3, -0.25) is 4.99 Å². The molecule has 1 aromatic carbocycles. The number of nitrogens with one attached hydrogen (secondary N) is 1. The standard InChI is InChI=1S/C18H28FN3O4S.HI/c1-4-20-17(22-9-10-27(24,25)18(2,3)13-22)21-11-15(23)12-26-16-7-5-14(19)6-8-16;/h5-8,15,23H,4,9-13H2,1-3H3,(H,20,21);1H. The molecule has 1 unspecified atom stereocenters. The van der Waals surface area contributed by atoms with Crippen LogP contribution in [-0.2, 0) is 9.84 Å². The van der Waals surface area contributed by atoms with Gasteiger partial charge >= 0.3 is 0 Å². The van der Waals surface area contributed by atoms with Crippen LogP contribution in [0.4, 0.5) is 4.39 Å². The Morgan fingerprint density at radius 3 is 2.61 bits per heavy atom. The van der Waals surface area contributed by atoms with Gasteiger partial charge in [-0.1, -0.05) is 0 Å². The lowest BCUT2D eigenvalue weighted by Crippen LogP contribution is -2.57. The highest BCUT2D eigenvalue weighted by Crippen LogP contribution is 2.23. The maximum absolute atomic E-state index is 12.9. The number of benzene rings is 1. The van der Waals surface area contributed by atoms with Crippen LogP contribution < -0.4 is 10.1 Å². The quantitative estimate of drug-likeness (QED) is 0.331. The number of aliphatic hydroxyl groups is 1. The fourth-order valence-corrected chi connectivity index (χ4v) is 4.08. The van der Waals surface area contributed by atoms with Crippen molar-refractivity contribution in [2.24, 2.45) is 4.99 Å². The number of guanidine groups is 1. The Bertz CT molecular complexity index is 757. The fourth-order valence-electron chi connectivity index (χ4n) is 2.72. The zero-order valence-electron chi connectivity index (χ0n) is 16.4. The van der Waals surface area contributed by atoms with Crippen molar-refractivity contribution in [3.05, 3.63) is 30.1 Å². The van der Waals surface area contributed by atoms with Crippen LogP contribution in [0.15, 0.2) is 29.3 Å². The van der Waals surface area contributed by atoms with Crippen LogP contribution in [-0.4, -0.2) is 73.8 Å². The van der Waals surface area contributed by atoms with Gasteiger partial charge in [0.2, 0.25) is 0 Å². The van der Waals surface area contributed by atoms with E-state index in [9.17, 15) is 17.9 Å². The van der Waals surface area contributed by atoms with Gasteiger partial charge in [0.25, 0.3) is 0 Å². The van der Waals surface area contributed by atoms with E-state index in [0.717, 1.165) is 0 Å². The molecular formula is C18H29FIN3O4S. The van der Waals surface area contributed by atoms with Crippen molar-refractivity contribution < 1.29 is 22.7 Å². The number of halogens is 2. The summed E-state index contributed by atoms with van der Waals surface area (Å²) in [5, 5.41) is 13.3. The molecule has 0 radical (unpaired) electrons. The fraction of sp³-hybridized carbons (Fsp3) is 0.611. The van der Waals surface area contributed by atoms with Crippen molar-refractivity contribution in [1.82, 2.24) is 10.2 Å². The van der Waals surface area contributed by atoms with E-state index >= 15 is 0 Å². The number of rotatable bonds is 6. The third-order valence-corrected chi connectivity index (χ3v) is 6.92. The van der Waals surface area contributed by atoms with Gasteiger partial charge in [0.05, 0.1) is 17.0 Å². The summed E-state index contributed by atoms with van der Waals surface area (Å²) in [6.45, 7) is 6.80. The van der Waals surface area contributed by atoms with Crippen LogP contribution in [0, 0.1) is 5.82 Å². The minimum absolute atomic E-state index is 0. The smallest absolute Gasteiger partial charge is 0.194 e. The highest BCUT2D eigenvalue weighted by Gasteiger charge is 2.40. The van der Waals surface area contributed by atoms with Gasteiger partial charge in [0, 0.05) is 19.6 Å². The first kappa shape index (κ1) is 24.9. The SMILES string of the molecule is CCNC(=NCC(O)COc1ccc(F)cc1)N1CCS(=O)(=O)C(C)(C)C1.I. The second kappa shape index (κ2) is 10.6. The van der Waals surface area contributed by atoms with E-state index in [1.165, 1.54) is 24.3 Å². The Balaban J connectivity index is 0.00000392. The van der Waals surface area contributed by atoms with E-state index in [4.69, 9.17) is 4.74 Å². The molecule has 0 spiro atoms. The first-order chi connectivity index (χ1) is 12.6. The Hall–Kier alpha value is -1.14. The highest BCUT2D eigenvalue weighted by molar-refractivity contribution is 14.0. The summed E-state index contributed by atoms with van der Waals surface area (Å²) in [5.41, 5.74) is 0. The lowest BCUT2D eigenvalue weighted by molar-refractivity contribution is 0.114. The van der Waals surface area contributed by atoms with Crippen LogP contribution >= 0.6 is 24.0 Å². The molecular weight excluding hydrogens is 500 g/mol. The number of hydrogen-bond donors (Lipinski definition) is 2. The Kier molecular flexibility index (Phi) is 9.41. The second-order valence-electron chi connectivity index (χ2n) is 7.11. The number of ether oxygens (including phenoxy) is 1. The zero-order valence-corrected chi connectivity index (χ0v) is 19.5. The number of hydrogen-bond acceptors (Lipinski definition) is 5. The first-order valence-electron chi connectivity index (χ1n) is 8.96. The number of aliphatic hydroxyl groups excluding tert-OH is 1. The minimum Gasteiger partial charge on any atom is -0.491 e. The Morgan fingerprint density at radius 1 is 1.39 bits per heavy atom. The van der Waals surface area contributed by atoms with Crippen LogP contribution in [0.5, 0.6) is 5.75 Å². The molecule has 0 amide bonds. The molecule has 0 saturated carbocycles. The third-order valence-electron chi connectivity index (χ3n) is 4.39. The van der Waals surface area contributed by atoms with Crippen LogP contribution in [0.2, 0.25) is 0 Å². The summed E-state index contributed by atoms with van der Waals surface area (Å²) in [6, 6.07) is 5.56. The molecule has 1 fully saturated rings. The van der Waals surface area contributed by atoms with E-state index in [1.807, 2.05) is 11.8 Å². The van der Waals surface area contributed by atoms with Gasteiger partial charge in [0.1, 0.15) is 24.3 Å². The van der Waals surface area contributed by atoms with Crippen molar-refractivity contribution in [2.75, 3.05) is 38.5 Å². The predicted molar refractivity (Wildman–Crippen MR) is 119 cm³/mol. The molecule has 7 nitrogen and oxygen atoms in total. The molecule has 1 heterocycles. The average molecular weight is 529 g/mol. The lowest BCUT2D eigenvalue weighted by Gasteiger charge is -2.39. The van der Waals surface area contributed by atoms with E-state index in [1.54, 1.807) is 13.8 Å². The summed E-state index contributed by atoms with van der Waals surface area (Å²) in [5.74, 6) is 0.755. The topological polar surface area (TPSA) is 91.2 Å². The number of sulfone groups is 1. The number of nitrogens with zero attached hydrogens (tertiary/aromatic N) is 2. The van der Waals surface area contributed by atoms with E-state index in [2.05, 4.69) is 10.3 Å². The molecule has 1 saturated heterocycles. The third kappa shape index (κ3) is 6.73. The maximum atomic E-state index is 12.9. The van der Waals surface area contributed by atoms with Crippen molar-refractivity contribution >= 4 is 39.8 Å². The monoisotopic (exact) mass is 529 g/mol. The average Bonchev–Trinajstić information content (AvgIpc) is 2.60. The van der Waals surface area contributed by atoms with Crippen molar-refractivity contribution in [1.29, 1.82) is 0 Å². The second-order valence-corrected chi connectivity index (χ2v) is 9.86. The minimum atomic E-state index is -3.14. The van der Waals surface area contributed by atoms with E-state index in [0.29, 0.717) is 31.3 Å². The molecule has 2 rings (SSSR count). The molecule has 1 aliphatic rings. The Morgan fingerprint density at radius 2 is 2.04 bits per heavy atom. The molecule has 2 N–H and O–H groups in total. The lowest BCUT2D eigenvalue weighted by atomic mass is 10.2. The largest absolute Gasteiger partial charge is 0.491 e. The molecule has 0 aromatic heterocycles. The summed E-state index contributed by atoms with van der Waals surface area (Å²) >= 11 is 0.